The maximum Gasteiger partial charge on any atom is 0.143 e. The van der Waals surface area contributed by atoms with Gasteiger partial charge in [0, 0.05) is 65.7 Å². The van der Waals surface area contributed by atoms with Gasteiger partial charge in [0.1, 0.15) is 33.5 Å². The molecule has 0 spiro atoms. The van der Waals surface area contributed by atoms with Gasteiger partial charge in [0.15, 0.2) is 0 Å². The number of rotatable bonds is 9. The smallest absolute Gasteiger partial charge is 0.143 e. The summed E-state index contributed by atoms with van der Waals surface area (Å²) >= 11 is 0. The van der Waals surface area contributed by atoms with E-state index in [1.165, 1.54) is 70.9 Å². The predicted molar refractivity (Wildman–Crippen MR) is 530 cm³/mol. The van der Waals surface area contributed by atoms with Crippen LogP contribution in [0.1, 0.15) is 16.4 Å². The SMILES string of the molecule is [2H]c1c([2H])c([2H])c(-c2cccc(-c3c4ccccc4c(-c4cccc5c4oc4ccccc45)c4ccccc34)c2)c([2H])c1[2H].[2H]c1c([2H])c([2H])c2c(oc3c(-c4c5ccccc5c(-c5ccc(-c6ccc7ccccc7c6)cc5)c5ccccc45)c([2H])c([2H])c([2H])c32)c1[2H].c1cc(-c2cccc3ccccc23)cc(-c2c3ccccc3c(-c3cccc4c3oc3ccccc34)c3ccccc23)c1. The van der Waals surface area contributed by atoms with Crippen LogP contribution in [0.2, 0.25) is 0 Å². The fourth-order valence-electron chi connectivity index (χ4n) is 19.3. The largest absolute Gasteiger partial charge is 0.455 e. The van der Waals surface area contributed by atoms with Gasteiger partial charge < -0.3 is 13.3 Å². The average Bonchev–Trinajstić information content (AvgIpc) is 1.55. The summed E-state index contributed by atoms with van der Waals surface area (Å²) in [4.78, 5) is 0. The Labute approximate surface area is 738 Å². The molecule has 0 unspecified atom stereocenters. The van der Waals surface area contributed by atoms with Gasteiger partial charge in [-0.1, -0.05) is 424 Å². The second-order valence-corrected chi connectivity index (χ2v) is 31.7. The minimum absolute atomic E-state index is 0.0440. The summed E-state index contributed by atoms with van der Waals surface area (Å²) in [5, 5.41) is 22.1. The summed E-state index contributed by atoms with van der Waals surface area (Å²) in [5.74, 6) is 0. The molecular formula is C122H76O3. The molecule has 0 saturated carbocycles. The second kappa shape index (κ2) is 30.4. The Bertz CT molecular complexity index is 9400. The molecule has 23 aromatic carbocycles. The van der Waals surface area contributed by atoms with E-state index in [9.17, 15) is 1.37 Å². The topological polar surface area (TPSA) is 39.4 Å². The van der Waals surface area contributed by atoms with E-state index >= 15 is 0 Å². The standard InChI is InChI=1S/2C42H26O.C38H24O/c1-2-16-30-27(12-1)13-10-22-31(30)28-14-9-15-29(26-28)40-33-18-3-5-20-35(33)41(36-21-6-4-19-34(36)40)38-24-11-23-37-32-17-7-8-25-39(32)43-42(37)38;1-2-11-30-26-31(25-22-27(30)10-1)28-20-23-29(24-21-28)40-33-13-3-5-15-35(33)41(36-16-6-4-14-34(36)40)38-18-9-17-37-32-12-7-8-19-39(32)43-42(37)38;1-2-12-25(13-3-1)26-14-10-15-27(24-26)36-29-17-4-6-19-31(29)37(32-20-7-5-18-30(32)36)34-22-11-21-33-28-16-8-9-23-35(28)39-38(33)34/h2*1-26H;1-24H/i;7D,8D,9D,12D,17D,18D,19D;1D,2D,3D,12D,13D. The molecule has 3 aromatic heterocycles. The molecule has 0 radical (unpaired) electrons. The number of para-hydroxylation sites is 6. The number of hydrogen-bond donors (Lipinski definition) is 0. The van der Waals surface area contributed by atoms with Crippen LogP contribution in [0, 0.1) is 0 Å². The zero-order chi connectivity index (χ0) is 92.9. The summed E-state index contributed by atoms with van der Waals surface area (Å²) in [5.41, 5.74) is 20.8. The van der Waals surface area contributed by atoms with Gasteiger partial charge >= 0.3 is 0 Å². The summed E-state index contributed by atoms with van der Waals surface area (Å²) in [6, 6.07) is 131. The lowest BCUT2D eigenvalue weighted by atomic mass is 9.85. The molecule has 0 aliphatic carbocycles. The van der Waals surface area contributed by atoms with Crippen molar-refractivity contribution in [3.63, 3.8) is 0 Å². The number of benzene rings is 23. The van der Waals surface area contributed by atoms with E-state index in [2.05, 4.69) is 255 Å². The molecular weight excluding hydrogens is 1510 g/mol. The van der Waals surface area contributed by atoms with Gasteiger partial charge in [-0.25, -0.2) is 0 Å². The number of furan rings is 3. The molecule has 0 aliphatic rings. The van der Waals surface area contributed by atoms with E-state index in [1.54, 1.807) is 6.07 Å². The van der Waals surface area contributed by atoms with Gasteiger partial charge in [-0.2, -0.15) is 0 Å². The van der Waals surface area contributed by atoms with Gasteiger partial charge in [-0.15, -0.1) is 0 Å². The fraction of sp³-hybridized carbons (Fsp3) is 0. The van der Waals surface area contributed by atoms with E-state index < -0.39 is 18.1 Å². The van der Waals surface area contributed by atoms with Crippen molar-refractivity contribution in [1.29, 1.82) is 0 Å². The Morgan fingerprint density at radius 2 is 0.480 bits per heavy atom. The summed E-state index contributed by atoms with van der Waals surface area (Å²) < 4.78 is 122. The summed E-state index contributed by atoms with van der Waals surface area (Å²) in [6.07, 6.45) is 0. The van der Waals surface area contributed by atoms with Crippen molar-refractivity contribution < 1.29 is 29.7 Å². The van der Waals surface area contributed by atoms with Crippen LogP contribution in [0.5, 0.6) is 0 Å². The Balaban J connectivity index is 0.000000112. The first kappa shape index (κ1) is 60.9. The van der Waals surface area contributed by atoms with Crippen LogP contribution < -0.4 is 0 Å². The van der Waals surface area contributed by atoms with Crippen LogP contribution in [0.25, 0.3) is 252 Å². The molecule has 26 rings (SSSR count). The summed E-state index contributed by atoms with van der Waals surface area (Å²) in [7, 11) is 0. The van der Waals surface area contributed by atoms with Gasteiger partial charge in [0.05, 0.1) is 16.4 Å². The Morgan fingerprint density at radius 3 is 1.02 bits per heavy atom. The monoisotopic (exact) mass is 1600 g/mol. The molecule has 3 heterocycles. The Hall–Kier alpha value is -16.5. The van der Waals surface area contributed by atoms with Crippen molar-refractivity contribution in [1.82, 2.24) is 0 Å². The van der Waals surface area contributed by atoms with Crippen LogP contribution in [0.4, 0.5) is 0 Å². The molecule has 3 heteroatoms. The van der Waals surface area contributed by atoms with Gasteiger partial charge in [-0.3, -0.25) is 0 Å². The molecule has 582 valence electrons. The van der Waals surface area contributed by atoms with Crippen LogP contribution in [-0.2, 0) is 0 Å². The lowest BCUT2D eigenvalue weighted by Crippen LogP contribution is -1.91. The number of fused-ring (bicyclic) bond motifs is 17. The van der Waals surface area contributed by atoms with Crippen LogP contribution in [-0.4, -0.2) is 0 Å². The third-order valence-electron chi connectivity index (χ3n) is 24.8. The molecule has 0 aliphatic heterocycles. The van der Waals surface area contributed by atoms with Gasteiger partial charge in [0.2, 0.25) is 0 Å². The van der Waals surface area contributed by atoms with Crippen LogP contribution in [0.15, 0.2) is 474 Å². The minimum atomic E-state index is -0.446. The van der Waals surface area contributed by atoms with E-state index in [-0.39, 0.29) is 87.4 Å². The molecule has 26 aromatic rings. The molecule has 0 fully saturated rings. The lowest BCUT2D eigenvalue weighted by Gasteiger charge is -2.18. The summed E-state index contributed by atoms with van der Waals surface area (Å²) in [6.45, 7) is 0. The highest BCUT2D eigenvalue weighted by molar-refractivity contribution is 6.28. The molecule has 0 N–H and O–H groups in total. The van der Waals surface area contributed by atoms with Gasteiger partial charge in [0.25, 0.3) is 0 Å². The van der Waals surface area contributed by atoms with Crippen molar-refractivity contribution in [2.24, 2.45) is 0 Å². The van der Waals surface area contributed by atoms with Crippen LogP contribution >= 0.6 is 0 Å². The first-order valence-electron chi connectivity index (χ1n) is 47.9. The lowest BCUT2D eigenvalue weighted by molar-refractivity contribution is 0.669. The van der Waals surface area contributed by atoms with Crippen molar-refractivity contribution in [3.05, 3.63) is 461 Å². The molecule has 0 amide bonds. The second-order valence-electron chi connectivity index (χ2n) is 31.7. The van der Waals surface area contributed by atoms with E-state index in [1.807, 2.05) is 127 Å². The highest BCUT2D eigenvalue weighted by atomic mass is 16.3. The van der Waals surface area contributed by atoms with Gasteiger partial charge in [-0.05, 0) is 189 Å². The van der Waals surface area contributed by atoms with E-state index in [0.717, 1.165) is 137 Å². The number of hydrogen-bond acceptors (Lipinski definition) is 3. The highest BCUT2D eigenvalue weighted by Crippen LogP contribution is 2.52. The predicted octanol–water partition coefficient (Wildman–Crippen LogP) is 35.0. The zero-order valence-electron chi connectivity index (χ0n) is 79.2. The molecule has 0 saturated heterocycles. The van der Waals surface area contributed by atoms with E-state index in [4.69, 9.17) is 28.3 Å². The Kier molecular flexibility index (Phi) is 14.8. The Morgan fingerprint density at radius 1 is 0.144 bits per heavy atom. The normalized spacial score (nSPS) is 13.0. The maximum absolute atomic E-state index is 9.21. The minimum Gasteiger partial charge on any atom is -0.455 e. The third kappa shape index (κ3) is 12.3. The first-order valence-corrected chi connectivity index (χ1v) is 41.9. The molecule has 3 nitrogen and oxygen atoms in total. The highest BCUT2D eigenvalue weighted by Gasteiger charge is 2.26. The first-order chi connectivity index (χ1) is 67.0. The van der Waals surface area contributed by atoms with Crippen molar-refractivity contribution in [2.75, 3.05) is 0 Å². The van der Waals surface area contributed by atoms with Crippen molar-refractivity contribution in [2.45, 2.75) is 0 Å². The zero-order valence-corrected chi connectivity index (χ0v) is 67.2. The third-order valence-corrected chi connectivity index (χ3v) is 24.8. The van der Waals surface area contributed by atoms with Crippen LogP contribution in [0.3, 0.4) is 0 Å². The maximum atomic E-state index is 9.21. The molecule has 0 bridgehead atoms. The average molecular weight is 1600 g/mol. The fourth-order valence-corrected chi connectivity index (χ4v) is 19.3. The van der Waals surface area contributed by atoms with Crippen molar-refractivity contribution >= 4 is 152 Å². The van der Waals surface area contributed by atoms with E-state index in [0.29, 0.717) is 11.1 Å². The van der Waals surface area contributed by atoms with Crippen molar-refractivity contribution in [3.8, 4) is 100 Å². The quantitative estimate of drug-likeness (QED) is 0.135. The molecule has 0 atom stereocenters. The molecule has 125 heavy (non-hydrogen) atoms.